The van der Waals surface area contributed by atoms with Gasteiger partial charge in [-0.15, -0.1) is 8.78 Å². The highest BCUT2D eigenvalue weighted by Crippen LogP contribution is 2.53. The molecule has 3 aromatic rings. The molecule has 2 aliphatic rings. The van der Waals surface area contributed by atoms with Crippen molar-refractivity contribution in [2.24, 2.45) is 0 Å². The number of urea groups is 1. The first kappa shape index (κ1) is 26.9. The molecule has 1 aromatic heterocycles. The zero-order valence-corrected chi connectivity index (χ0v) is 22.6. The molecule has 0 saturated heterocycles. The van der Waals surface area contributed by atoms with E-state index in [1.54, 1.807) is 25.4 Å². The number of rotatable bonds is 8. The topological polar surface area (TPSA) is 99.4 Å². The Labute approximate surface area is 230 Å². The van der Waals surface area contributed by atoms with Gasteiger partial charge in [0.1, 0.15) is 5.75 Å². The van der Waals surface area contributed by atoms with E-state index < -0.39 is 5.57 Å². The number of halogens is 3. The van der Waals surface area contributed by atoms with Gasteiger partial charge in [-0.3, -0.25) is 9.89 Å². The largest absolute Gasteiger partial charge is 0.487 e. The van der Waals surface area contributed by atoms with E-state index in [1.165, 1.54) is 12.1 Å². The number of Topliss-reactive ketones (excluding diaryl/α,β-unsaturated/α-hetero) is 1. The molecular formula is C28H30ClF2N5O3. The van der Waals surface area contributed by atoms with Crippen LogP contribution in [0.25, 0.3) is 11.3 Å². The minimum absolute atomic E-state index is 0.0420. The maximum absolute atomic E-state index is 13.5. The van der Waals surface area contributed by atoms with Gasteiger partial charge in [-0.25, -0.2) is 4.79 Å². The number of hydrogen-bond donors (Lipinski definition) is 3. The van der Waals surface area contributed by atoms with Crippen molar-refractivity contribution in [2.75, 3.05) is 11.9 Å². The molecule has 1 saturated carbocycles. The summed E-state index contributed by atoms with van der Waals surface area (Å²) in [4.78, 5) is 28.1. The van der Waals surface area contributed by atoms with Crippen LogP contribution < -0.4 is 20.3 Å². The molecule has 3 unspecified atom stereocenters. The number of H-pyrrole nitrogens is 1. The van der Waals surface area contributed by atoms with E-state index in [9.17, 15) is 18.4 Å². The smallest absolute Gasteiger partial charge is 0.420 e. The number of ether oxygens (including phenoxy) is 1. The van der Waals surface area contributed by atoms with Gasteiger partial charge in [-0.2, -0.15) is 5.10 Å². The Hall–Kier alpha value is -3.66. The van der Waals surface area contributed by atoms with Gasteiger partial charge < -0.3 is 20.3 Å². The van der Waals surface area contributed by atoms with E-state index in [0.29, 0.717) is 11.1 Å². The van der Waals surface area contributed by atoms with Crippen LogP contribution in [-0.2, 0) is 6.42 Å². The lowest BCUT2D eigenvalue weighted by Crippen LogP contribution is -2.52. The van der Waals surface area contributed by atoms with Gasteiger partial charge in [-0.1, -0.05) is 12.1 Å². The van der Waals surface area contributed by atoms with Gasteiger partial charge in [-0.05, 0) is 68.1 Å². The third kappa shape index (κ3) is 5.43. The average Bonchev–Trinajstić information content (AvgIpc) is 3.61. The normalized spacial score (nSPS) is 20.1. The van der Waals surface area contributed by atoms with Crippen molar-refractivity contribution in [1.82, 2.24) is 20.8 Å². The zero-order valence-electron chi connectivity index (χ0n) is 21.8. The van der Waals surface area contributed by atoms with Crippen LogP contribution >= 0.6 is 11.6 Å². The molecule has 3 N–H and O–H groups in total. The van der Waals surface area contributed by atoms with Crippen molar-refractivity contribution in [2.45, 2.75) is 62.7 Å². The number of anilines is 1. The van der Waals surface area contributed by atoms with E-state index in [-0.39, 0.29) is 48.0 Å². The Morgan fingerprint density at radius 3 is 2.56 bits per heavy atom. The number of benzene rings is 2. The maximum atomic E-state index is 13.5. The van der Waals surface area contributed by atoms with Crippen molar-refractivity contribution in [3.05, 3.63) is 65.4 Å². The van der Waals surface area contributed by atoms with Crippen LogP contribution in [0.15, 0.2) is 48.7 Å². The fourth-order valence-electron chi connectivity index (χ4n) is 5.95. The summed E-state index contributed by atoms with van der Waals surface area (Å²) in [6.45, 7) is 4.26. The fraction of sp³-hybridized carbons (Fsp3) is 0.393. The molecule has 1 aliphatic carbocycles. The second-order valence-electron chi connectivity index (χ2n) is 10.2. The fourth-order valence-corrected chi connectivity index (χ4v) is 6.04. The van der Waals surface area contributed by atoms with Gasteiger partial charge in [0.05, 0.1) is 23.5 Å². The summed E-state index contributed by atoms with van der Waals surface area (Å²) < 4.78 is 30.2. The Balaban J connectivity index is 1.50. The number of carbonyl (C=O) groups is 2. The standard InChI is InChI=1S/C28H30ClF2N5O3/c1-15(2)36-25-20(19-8-9-23(26(19)36)34-27(38)32-3)13-17(14-21(25)22-10-11-33-35-22)24(37)12-16-4-6-18(7-5-16)39-28(29,30)31/h4-7,10-11,13-15,19,23,26H,8-9,12H2,1-3H3,(H,33,35)(H2,32,34,38). The van der Waals surface area contributed by atoms with E-state index in [2.05, 4.69) is 44.3 Å². The Kier molecular flexibility index (Phi) is 7.24. The Morgan fingerprint density at radius 1 is 1.21 bits per heavy atom. The summed E-state index contributed by atoms with van der Waals surface area (Å²) in [5.41, 5.74) is 1.21. The second kappa shape index (κ2) is 10.5. The predicted molar refractivity (Wildman–Crippen MR) is 145 cm³/mol. The van der Waals surface area contributed by atoms with Gasteiger partial charge in [0.15, 0.2) is 5.78 Å². The van der Waals surface area contributed by atoms with E-state index >= 15 is 0 Å². The molecule has 2 amide bonds. The number of carbonyl (C=O) groups excluding carboxylic acids is 2. The highest BCUT2D eigenvalue weighted by molar-refractivity contribution is 6.20. The number of hydrogen-bond acceptors (Lipinski definition) is 5. The van der Waals surface area contributed by atoms with E-state index in [1.807, 2.05) is 18.2 Å². The molecule has 2 aromatic carbocycles. The highest BCUT2D eigenvalue weighted by atomic mass is 35.5. The molecule has 3 atom stereocenters. The summed E-state index contributed by atoms with van der Waals surface area (Å²) in [6, 6.07) is 11.6. The summed E-state index contributed by atoms with van der Waals surface area (Å²) in [7, 11) is 1.60. The molecule has 39 heavy (non-hydrogen) atoms. The van der Waals surface area contributed by atoms with Gasteiger partial charge in [0.2, 0.25) is 0 Å². The summed E-state index contributed by atoms with van der Waals surface area (Å²) in [5.74, 6) is -0.0497. The number of fused-ring (bicyclic) bond motifs is 3. The van der Waals surface area contributed by atoms with Crippen LogP contribution in [0.5, 0.6) is 5.75 Å². The molecule has 5 rings (SSSR count). The van der Waals surface area contributed by atoms with Gasteiger partial charge >= 0.3 is 11.6 Å². The third-order valence-corrected chi connectivity index (χ3v) is 7.54. The summed E-state index contributed by atoms with van der Waals surface area (Å²) in [6.07, 6.45) is 3.47. The molecule has 0 spiro atoms. The molecule has 1 aliphatic heterocycles. The van der Waals surface area contributed by atoms with Gasteiger partial charge in [0, 0.05) is 54.4 Å². The van der Waals surface area contributed by atoms with E-state index in [4.69, 9.17) is 11.6 Å². The second-order valence-corrected chi connectivity index (χ2v) is 10.7. The molecule has 0 radical (unpaired) electrons. The van der Waals surface area contributed by atoms with Crippen LogP contribution in [0.3, 0.4) is 0 Å². The number of ketones is 1. The monoisotopic (exact) mass is 557 g/mol. The average molecular weight is 558 g/mol. The van der Waals surface area contributed by atoms with Crippen molar-refractivity contribution in [3.63, 3.8) is 0 Å². The van der Waals surface area contributed by atoms with Crippen molar-refractivity contribution in [3.8, 4) is 17.0 Å². The molecule has 1 fully saturated rings. The number of aromatic amines is 1. The highest BCUT2D eigenvalue weighted by Gasteiger charge is 2.49. The minimum Gasteiger partial charge on any atom is -0.420 e. The van der Waals surface area contributed by atoms with Crippen LogP contribution in [0.2, 0.25) is 0 Å². The van der Waals surface area contributed by atoms with Crippen LogP contribution in [0, 0.1) is 0 Å². The molecule has 206 valence electrons. The molecule has 8 nitrogen and oxygen atoms in total. The number of nitrogens with zero attached hydrogens (tertiary/aromatic N) is 2. The van der Waals surface area contributed by atoms with Gasteiger partial charge in [0.25, 0.3) is 0 Å². The first-order valence-electron chi connectivity index (χ1n) is 12.9. The number of nitrogens with one attached hydrogen (secondary N) is 3. The number of amides is 2. The SMILES string of the molecule is CNC(=O)NC1CCC2c3cc(C(=O)Cc4ccc(OC(F)(F)Cl)cc4)cc(-c4ccn[nH]4)c3N(C(C)C)C12. The Bertz CT molecular complexity index is 1360. The maximum Gasteiger partial charge on any atom is 0.487 e. The van der Waals surface area contributed by atoms with E-state index in [0.717, 1.165) is 35.3 Å². The quantitative estimate of drug-likeness (QED) is 0.253. The lowest BCUT2D eigenvalue weighted by atomic mass is 9.90. The summed E-state index contributed by atoms with van der Waals surface area (Å²) in [5, 5.41) is 13.0. The molecule has 0 bridgehead atoms. The molecular weight excluding hydrogens is 528 g/mol. The zero-order chi connectivity index (χ0) is 27.9. The lowest BCUT2D eigenvalue weighted by molar-refractivity contribution is -0.0964. The minimum atomic E-state index is -3.80. The third-order valence-electron chi connectivity index (χ3n) is 7.47. The van der Waals surface area contributed by atoms with Crippen molar-refractivity contribution < 1.29 is 23.1 Å². The van der Waals surface area contributed by atoms with Crippen LogP contribution in [0.1, 0.15) is 54.1 Å². The van der Waals surface area contributed by atoms with Crippen LogP contribution in [-0.4, -0.2) is 52.8 Å². The predicted octanol–water partition coefficient (Wildman–Crippen LogP) is 5.44. The molecule has 11 heteroatoms. The van der Waals surface area contributed by atoms with Crippen molar-refractivity contribution in [1.29, 1.82) is 0 Å². The summed E-state index contributed by atoms with van der Waals surface area (Å²) >= 11 is 4.84. The first-order valence-corrected chi connectivity index (χ1v) is 13.3. The lowest BCUT2D eigenvalue weighted by Gasteiger charge is -2.36. The van der Waals surface area contributed by atoms with Crippen molar-refractivity contribution >= 4 is 29.1 Å². The van der Waals surface area contributed by atoms with Crippen LogP contribution in [0.4, 0.5) is 19.3 Å². The first-order chi connectivity index (χ1) is 18.6. The number of aromatic nitrogens is 2. The Morgan fingerprint density at radius 2 is 1.95 bits per heavy atom. The molecule has 2 heterocycles. The number of alkyl halides is 3.